The summed E-state index contributed by atoms with van der Waals surface area (Å²) in [6, 6.07) is 9.83. The maximum atomic E-state index is 12.7. The maximum absolute atomic E-state index is 12.7. The molecule has 2 rings (SSSR count). The lowest BCUT2D eigenvalue weighted by Crippen LogP contribution is -2.02. The first-order valence-corrected chi connectivity index (χ1v) is 5.53. The van der Waals surface area contributed by atoms with E-state index in [1.165, 1.54) is 12.1 Å². The van der Waals surface area contributed by atoms with Gasteiger partial charge >= 0.3 is 5.97 Å². The largest absolute Gasteiger partial charge is 0.481 e. The fraction of sp³-hybridized carbons (Fsp3) is 0.143. The van der Waals surface area contributed by atoms with E-state index in [1.807, 2.05) is 6.07 Å². The summed E-state index contributed by atoms with van der Waals surface area (Å²) in [6.07, 6.45) is 2.24. The minimum Gasteiger partial charge on any atom is -0.481 e. The van der Waals surface area contributed by atoms with Crippen molar-refractivity contribution >= 4 is 5.97 Å². The van der Waals surface area contributed by atoms with Gasteiger partial charge in [-0.3, -0.25) is 9.78 Å². The average molecular weight is 245 g/mol. The summed E-state index contributed by atoms with van der Waals surface area (Å²) >= 11 is 0. The summed E-state index contributed by atoms with van der Waals surface area (Å²) in [7, 11) is 0. The van der Waals surface area contributed by atoms with Crippen LogP contribution in [0.3, 0.4) is 0 Å². The molecule has 0 amide bonds. The molecule has 0 aliphatic rings. The van der Waals surface area contributed by atoms with Gasteiger partial charge in [-0.1, -0.05) is 18.2 Å². The fourth-order valence-corrected chi connectivity index (χ4v) is 1.66. The zero-order valence-corrected chi connectivity index (χ0v) is 9.64. The number of carbonyl (C=O) groups is 1. The van der Waals surface area contributed by atoms with Crippen molar-refractivity contribution in [3.05, 3.63) is 65.2 Å². The Balaban J connectivity index is 2.06. The molecule has 1 aromatic carbocycles. The summed E-state index contributed by atoms with van der Waals surface area (Å²) in [4.78, 5) is 14.6. The van der Waals surface area contributed by atoms with Crippen LogP contribution in [-0.4, -0.2) is 16.1 Å². The fourth-order valence-electron chi connectivity index (χ4n) is 1.66. The van der Waals surface area contributed by atoms with Crippen LogP contribution >= 0.6 is 0 Å². The molecule has 0 atom stereocenters. The second-order valence-corrected chi connectivity index (χ2v) is 4.03. The highest BCUT2D eigenvalue weighted by Crippen LogP contribution is 2.10. The first kappa shape index (κ1) is 12.2. The van der Waals surface area contributed by atoms with Gasteiger partial charge in [-0.05, 0) is 35.7 Å². The summed E-state index contributed by atoms with van der Waals surface area (Å²) in [6.45, 7) is 0. The third-order valence-electron chi connectivity index (χ3n) is 2.54. The Morgan fingerprint density at radius 1 is 1.11 bits per heavy atom. The number of pyridine rings is 1. The van der Waals surface area contributed by atoms with Crippen LogP contribution in [0.1, 0.15) is 16.8 Å². The average Bonchev–Trinajstić information content (AvgIpc) is 2.34. The minimum atomic E-state index is -0.895. The number of benzene rings is 1. The lowest BCUT2D eigenvalue weighted by Gasteiger charge is -2.02. The monoisotopic (exact) mass is 245 g/mol. The Labute approximate surface area is 104 Å². The number of hydrogen-bond donors (Lipinski definition) is 1. The SMILES string of the molecule is O=C(O)Cc1ccc(Cc2ccc(F)cc2)cn1. The number of carboxylic acids is 1. The molecule has 1 heterocycles. The molecule has 0 aliphatic heterocycles. The van der Waals surface area contributed by atoms with E-state index in [1.54, 1.807) is 24.4 Å². The summed E-state index contributed by atoms with van der Waals surface area (Å²) in [5.74, 6) is -1.15. The second kappa shape index (κ2) is 5.40. The molecule has 0 saturated carbocycles. The highest BCUT2D eigenvalue weighted by atomic mass is 19.1. The molecule has 0 saturated heterocycles. The highest BCUT2D eigenvalue weighted by molar-refractivity contribution is 5.69. The van der Waals surface area contributed by atoms with Crippen LogP contribution in [0, 0.1) is 5.82 Å². The third kappa shape index (κ3) is 3.38. The van der Waals surface area contributed by atoms with Crippen molar-refractivity contribution in [2.24, 2.45) is 0 Å². The van der Waals surface area contributed by atoms with E-state index < -0.39 is 5.97 Å². The quantitative estimate of drug-likeness (QED) is 0.900. The normalized spacial score (nSPS) is 10.3. The van der Waals surface area contributed by atoms with Gasteiger partial charge in [0.1, 0.15) is 5.82 Å². The van der Waals surface area contributed by atoms with Gasteiger partial charge in [-0.15, -0.1) is 0 Å². The van der Waals surface area contributed by atoms with Gasteiger partial charge < -0.3 is 5.11 Å². The summed E-state index contributed by atoms with van der Waals surface area (Å²) in [5.41, 5.74) is 2.49. The Morgan fingerprint density at radius 2 is 1.78 bits per heavy atom. The smallest absolute Gasteiger partial charge is 0.309 e. The van der Waals surface area contributed by atoms with Crippen molar-refractivity contribution in [3.63, 3.8) is 0 Å². The van der Waals surface area contributed by atoms with Gasteiger partial charge in [0.2, 0.25) is 0 Å². The molecule has 0 spiro atoms. The van der Waals surface area contributed by atoms with Crippen molar-refractivity contribution in [2.75, 3.05) is 0 Å². The molecule has 18 heavy (non-hydrogen) atoms. The zero-order chi connectivity index (χ0) is 13.0. The van der Waals surface area contributed by atoms with Crippen LogP contribution in [0.25, 0.3) is 0 Å². The Morgan fingerprint density at radius 3 is 2.33 bits per heavy atom. The van der Waals surface area contributed by atoms with Crippen LogP contribution in [-0.2, 0) is 17.6 Å². The predicted octanol–water partition coefficient (Wildman–Crippen LogP) is 2.44. The van der Waals surface area contributed by atoms with E-state index >= 15 is 0 Å². The number of nitrogens with zero attached hydrogens (tertiary/aromatic N) is 1. The van der Waals surface area contributed by atoms with Crippen molar-refractivity contribution in [1.82, 2.24) is 4.98 Å². The third-order valence-corrected chi connectivity index (χ3v) is 2.54. The standard InChI is InChI=1S/C14H12FNO2/c15-12-4-1-10(2-5-12)7-11-3-6-13(16-9-11)8-14(17)18/h1-6,9H,7-8H2,(H,17,18). The van der Waals surface area contributed by atoms with E-state index in [0.717, 1.165) is 11.1 Å². The van der Waals surface area contributed by atoms with Crippen molar-refractivity contribution in [2.45, 2.75) is 12.8 Å². The Bertz CT molecular complexity index is 535. The Hall–Kier alpha value is -2.23. The first-order valence-electron chi connectivity index (χ1n) is 5.53. The maximum Gasteiger partial charge on any atom is 0.309 e. The van der Waals surface area contributed by atoms with E-state index in [0.29, 0.717) is 12.1 Å². The zero-order valence-electron chi connectivity index (χ0n) is 9.64. The van der Waals surface area contributed by atoms with Crippen molar-refractivity contribution in [1.29, 1.82) is 0 Å². The van der Waals surface area contributed by atoms with Crippen molar-refractivity contribution in [3.8, 4) is 0 Å². The van der Waals surface area contributed by atoms with E-state index in [9.17, 15) is 9.18 Å². The molecule has 3 nitrogen and oxygen atoms in total. The summed E-state index contributed by atoms with van der Waals surface area (Å²) < 4.78 is 12.7. The molecule has 0 bridgehead atoms. The van der Waals surface area contributed by atoms with Crippen molar-refractivity contribution < 1.29 is 14.3 Å². The second-order valence-electron chi connectivity index (χ2n) is 4.03. The Kier molecular flexibility index (Phi) is 3.67. The van der Waals surface area contributed by atoms with Gasteiger partial charge in [-0.2, -0.15) is 0 Å². The lowest BCUT2D eigenvalue weighted by atomic mass is 10.1. The predicted molar refractivity (Wildman–Crippen MR) is 64.8 cm³/mol. The van der Waals surface area contributed by atoms with Crippen LogP contribution in [0.2, 0.25) is 0 Å². The van der Waals surface area contributed by atoms with Crippen LogP contribution in [0.15, 0.2) is 42.6 Å². The van der Waals surface area contributed by atoms with Crippen LogP contribution < -0.4 is 0 Å². The molecule has 0 radical (unpaired) electrons. The number of carboxylic acid groups (broad SMARTS) is 1. The molecule has 1 N–H and O–H groups in total. The minimum absolute atomic E-state index is 0.0726. The van der Waals surface area contributed by atoms with E-state index in [2.05, 4.69) is 4.98 Å². The number of hydrogen-bond acceptors (Lipinski definition) is 2. The van der Waals surface area contributed by atoms with Gasteiger partial charge in [-0.25, -0.2) is 4.39 Å². The first-order chi connectivity index (χ1) is 8.63. The summed E-state index contributed by atoms with van der Waals surface area (Å²) in [5, 5.41) is 8.62. The van der Waals surface area contributed by atoms with Crippen LogP contribution in [0.4, 0.5) is 4.39 Å². The molecule has 0 aliphatic carbocycles. The van der Waals surface area contributed by atoms with Gasteiger partial charge in [0, 0.05) is 6.20 Å². The van der Waals surface area contributed by atoms with E-state index in [-0.39, 0.29) is 12.2 Å². The molecular formula is C14H12FNO2. The molecule has 2 aromatic rings. The number of rotatable bonds is 4. The molecule has 1 aromatic heterocycles. The van der Waals surface area contributed by atoms with E-state index in [4.69, 9.17) is 5.11 Å². The number of aromatic nitrogens is 1. The lowest BCUT2D eigenvalue weighted by molar-refractivity contribution is -0.136. The number of halogens is 1. The topological polar surface area (TPSA) is 50.2 Å². The molecular weight excluding hydrogens is 233 g/mol. The van der Waals surface area contributed by atoms with Gasteiger partial charge in [0.05, 0.1) is 12.1 Å². The van der Waals surface area contributed by atoms with Gasteiger partial charge in [0.15, 0.2) is 0 Å². The molecule has 4 heteroatoms. The van der Waals surface area contributed by atoms with Gasteiger partial charge in [0.25, 0.3) is 0 Å². The molecule has 0 unspecified atom stereocenters. The number of aliphatic carboxylic acids is 1. The molecule has 0 fully saturated rings. The highest BCUT2D eigenvalue weighted by Gasteiger charge is 2.02. The molecule has 92 valence electrons. The van der Waals surface area contributed by atoms with Crippen LogP contribution in [0.5, 0.6) is 0 Å².